The number of nitro benzene ring substituents is 1. The predicted octanol–water partition coefficient (Wildman–Crippen LogP) is 3.70. The molecule has 6 nitrogen and oxygen atoms in total. The summed E-state index contributed by atoms with van der Waals surface area (Å²) in [5, 5.41) is 10.8. The molecule has 0 spiro atoms. The molecule has 0 aromatic heterocycles. The number of rotatable bonds is 3. The minimum absolute atomic E-state index is 0.0538. The number of non-ortho nitro benzene ring substituents is 1. The first-order valence-electron chi connectivity index (χ1n) is 6.56. The molecule has 0 amide bonds. The fraction of sp³-hybridized carbons (Fsp3) is 0. The van der Waals surface area contributed by atoms with Crippen molar-refractivity contribution in [3.05, 3.63) is 79.9 Å². The van der Waals surface area contributed by atoms with Gasteiger partial charge in [0.1, 0.15) is 0 Å². The van der Waals surface area contributed by atoms with Crippen molar-refractivity contribution < 1.29 is 14.5 Å². The van der Waals surface area contributed by atoms with E-state index in [2.05, 4.69) is 20.9 Å². The monoisotopic (exact) mass is 372 g/mol. The molecule has 1 heterocycles. The number of cyclic esters (lactones) is 1. The van der Waals surface area contributed by atoms with E-state index in [1.54, 1.807) is 30.3 Å². The molecule has 0 bridgehead atoms. The van der Waals surface area contributed by atoms with Gasteiger partial charge in [0.25, 0.3) is 5.69 Å². The number of nitrogens with zero attached hydrogens (tertiary/aromatic N) is 2. The molecule has 1 aliphatic rings. The standard InChI is InChI=1S/C16H9BrN2O4/c17-12-5-2-4-11(9-12)15-18-14(16(20)23-15)8-10-3-1-6-13(7-10)19(21)22/h1-9H/b14-8-. The van der Waals surface area contributed by atoms with E-state index in [0.29, 0.717) is 11.1 Å². The van der Waals surface area contributed by atoms with Gasteiger partial charge in [0.15, 0.2) is 5.70 Å². The van der Waals surface area contributed by atoms with Crippen molar-refractivity contribution in [2.75, 3.05) is 0 Å². The molecule has 2 aromatic carbocycles. The van der Waals surface area contributed by atoms with Gasteiger partial charge in [0.05, 0.1) is 4.92 Å². The summed E-state index contributed by atoms with van der Waals surface area (Å²) >= 11 is 3.34. The molecule has 2 aromatic rings. The highest BCUT2D eigenvalue weighted by molar-refractivity contribution is 9.10. The van der Waals surface area contributed by atoms with Gasteiger partial charge in [0.2, 0.25) is 5.90 Å². The first-order valence-corrected chi connectivity index (χ1v) is 7.35. The maximum absolute atomic E-state index is 11.9. The second-order valence-corrected chi connectivity index (χ2v) is 5.61. The van der Waals surface area contributed by atoms with E-state index >= 15 is 0 Å². The van der Waals surface area contributed by atoms with Crippen molar-refractivity contribution in [3.63, 3.8) is 0 Å². The third-order valence-corrected chi connectivity index (χ3v) is 3.57. The molecule has 114 valence electrons. The lowest BCUT2D eigenvalue weighted by molar-refractivity contribution is -0.384. The lowest BCUT2D eigenvalue weighted by Crippen LogP contribution is -2.05. The average Bonchev–Trinajstić information content (AvgIpc) is 2.89. The Balaban J connectivity index is 1.95. The van der Waals surface area contributed by atoms with Crippen LogP contribution in [0.25, 0.3) is 6.08 Å². The summed E-state index contributed by atoms with van der Waals surface area (Å²) in [4.78, 5) is 26.4. The van der Waals surface area contributed by atoms with Crippen LogP contribution in [0.4, 0.5) is 5.69 Å². The van der Waals surface area contributed by atoms with Crippen molar-refractivity contribution >= 4 is 39.6 Å². The van der Waals surface area contributed by atoms with Crippen LogP contribution in [0.5, 0.6) is 0 Å². The normalized spacial score (nSPS) is 15.4. The van der Waals surface area contributed by atoms with E-state index in [9.17, 15) is 14.9 Å². The summed E-state index contributed by atoms with van der Waals surface area (Å²) in [6.07, 6.45) is 1.46. The Labute approximate surface area is 139 Å². The number of halogens is 1. The second-order valence-electron chi connectivity index (χ2n) is 4.70. The number of benzene rings is 2. The number of carbonyl (C=O) groups is 1. The quantitative estimate of drug-likeness (QED) is 0.356. The maximum atomic E-state index is 11.9. The Morgan fingerprint density at radius 2 is 1.96 bits per heavy atom. The number of ether oxygens (including phenoxy) is 1. The average molecular weight is 373 g/mol. The minimum Gasteiger partial charge on any atom is -0.402 e. The van der Waals surface area contributed by atoms with Crippen molar-refractivity contribution in [3.8, 4) is 0 Å². The predicted molar refractivity (Wildman–Crippen MR) is 87.8 cm³/mol. The summed E-state index contributed by atoms with van der Waals surface area (Å²) in [5.74, 6) is -0.389. The van der Waals surface area contributed by atoms with Gasteiger partial charge >= 0.3 is 5.97 Å². The fourth-order valence-corrected chi connectivity index (χ4v) is 2.44. The molecule has 0 aliphatic carbocycles. The number of nitro groups is 1. The Morgan fingerprint density at radius 3 is 2.70 bits per heavy atom. The van der Waals surface area contributed by atoms with E-state index < -0.39 is 10.9 Å². The molecule has 3 rings (SSSR count). The number of hydrogen-bond acceptors (Lipinski definition) is 5. The van der Waals surface area contributed by atoms with Crippen LogP contribution < -0.4 is 0 Å². The first kappa shape index (κ1) is 15.1. The summed E-state index contributed by atoms with van der Waals surface area (Å²) in [5.41, 5.74) is 1.21. The third kappa shape index (κ3) is 3.35. The van der Waals surface area contributed by atoms with Crippen molar-refractivity contribution in [2.45, 2.75) is 0 Å². The topological polar surface area (TPSA) is 81.8 Å². The molecule has 0 atom stereocenters. The van der Waals surface area contributed by atoms with Gasteiger partial charge in [-0.15, -0.1) is 0 Å². The lowest BCUT2D eigenvalue weighted by Gasteiger charge is -1.99. The largest absolute Gasteiger partial charge is 0.402 e. The lowest BCUT2D eigenvalue weighted by atomic mass is 10.1. The number of carbonyl (C=O) groups excluding carboxylic acids is 1. The Kier molecular flexibility index (Phi) is 4.03. The van der Waals surface area contributed by atoms with Gasteiger partial charge in [-0.1, -0.05) is 34.1 Å². The Hall–Kier alpha value is -2.80. The van der Waals surface area contributed by atoms with Crippen LogP contribution in [-0.4, -0.2) is 16.8 Å². The van der Waals surface area contributed by atoms with Crippen LogP contribution >= 0.6 is 15.9 Å². The fourth-order valence-electron chi connectivity index (χ4n) is 2.04. The molecule has 7 heteroatoms. The smallest absolute Gasteiger partial charge is 0.363 e. The highest BCUT2D eigenvalue weighted by Crippen LogP contribution is 2.22. The van der Waals surface area contributed by atoms with Crippen LogP contribution in [0.15, 0.2) is 63.7 Å². The summed E-state index contributed by atoms with van der Waals surface area (Å²) < 4.78 is 5.99. The zero-order valence-corrected chi connectivity index (χ0v) is 13.2. The van der Waals surface area contributed by atoms with E-state index in [4.69, 9.17) is 4.74 Å². The Morgan fingerprint density at radius 1 is 1.17 bits per heavy atom. The van der Waals surface area contributed by atoms with Crippen LogP contribution in [-0.2, 0) is 9.53 Å². The SMILES string of the molecule is O=C1OC(c2cccc(Br)c2)=N/C1=C\c1cccc([N+](=O)[O-])c1. The van der Waals surface area contributed by atoms with Gasteiger partial charge in [-0.25, -0.2) is 9.79 Å². The van der Waals surface area contributed by atoms with Gasteiger partial charge in [-0.2, -0.15) is 0 Å². The highest BCUT2D eigenvalue weighted by Gasteiger charge is 2.24. The summed E-state index contributed by atoms with van der Waals surface area (Å²) in [7, 11) is 0. The zero-order chi connectivity index (χ0) is 16.4. The molecule has 0 N–H and O–H groups in total. The highest BCUT2D eigenvalue weighted by atomic mass is 79.9. The van der Waals surface area contributed by atoms with Crippen molar-refractivity contribution in [1.29, 1.82) is 0 Å². The molecule has 0 saturated heterocycles. The Bertz CT molecular complexity index is 874. The molecule has 23 heavy (non-hydrogen) atoms. The number of esters is 1. The maximum Gasteiger partial charge on any atom is 0.363 e. The van der Waals surface area contributed by atoms with E-state index in [0.717, 1.165) is 4.47 Å². The van der Waals surface area contributed by atoms with Crippen LogP contribution in [0.1, 0.15) is 11.1 Å². The van der Waals surface area contributed by atoms with E-state index in [1.165, 1.54) is 18.2 Å². The van der Waals surface area contributed by atoms with Crippen molar-refractivity contribution in [1.82, 2.24) is 0 Å². The van der Waals surface area contributed by atoms with Crippen LogP contribution in [0.3, 0.4) is 0 Å². The number of hydrogen-bond donors (Lipinski definition) is 0. The van der Waals surface area contributed by atoms with Gasteiger partial charge < -0.3 is 4.74 Å². The zero-order valence-electron chi connectivity index (χ0n) is 11.6. The molecular formula is C16H9BrN2O4. The van der Waals surface area contributed by atoms with Crippen LogP contribution in [0, 0.1) is 10.1 Å². The van der Waals surface area contributed by atoms with Crippen molar-refractivity contribution in [2.24, 2.45) is 4.99 Å². The molecular weight excluding hydrogens is 364 g/mol. The molecule has 1 aliphatic heterocycles. The van der Waals surface area contributed by atoms with Gasteiger partial charge in [0, 0.05) is 22.2 Å². The third-order valence-electron chi connectivity index (χ3n) is 3.08. The molecule has 0 radical (unpaired) electrons. The molecule has 0 unspecified atom stereocenters. The van der Waals surface area contributed by atoms with Gasteiger partial charge in [-0.05, 0) is 29.8 Å². The number of aliphatic imine (C=N–C) groups is 1. The first-order chi connectivity index (χ1) is 11.0. The molecule has 0 saturated carbocycles. The summed E-state index contributed by atoms with van der Waals surface area (Å²) in [6.45, 7) is 0. The summed E-state index contributed by atoms with van der Waals surface area (Å²) in [6, 6.07) is 13.1. The van der Waals surface area contributed by atoms with Gasteiger partial charge in [-0.3, -0.25) is 10.1 Å². The van der Waals surface area contributed by atoms with E-state index in [-0.39, 0.29) is 17.3 Å². The van der Waals surface area contributed by atoms with E-state index in [1.807, 2.05) is 6.07 Å². The van der Waals surface area contributed by atoms with Crippen LogP contribution in [0.2, 0.25) is 0 Å². The minimum atomic E-state index is -0.591. The second kappa shape index (κ2) is 6.13. The molecule has 0 fully saturated rings.